The molecule has 0 heterocycles. The van der Waals surface area contributed by atoms with Gasteiger partial charge in [0.1, 0.15) is 10.7 Å². The molecule has 0 aromatic heterocycles. The Morgan fingerprint density at radius 2 is 1.34 bits per heavy atom. The number of alkyl halides is 6. The van der Waals surface area contributed by atoms with E-state index >= 15 is 0 Å². The van der Waals surface area contributed by atoms with E-state index in [1.54, 1.807) is 5.32 Å². The minimum Gasteiger partial charge on any atom is -0.342 e. The fraction of sp³-hybridized carbons (Fsp3) is 0.174. The molecule has 0 fully saturated rings. The van der Waals surface area contributed by atoms with Crippen LogP contribution in [0.25, 0.3) is 0 Å². The topological polar surface area (TPSA) is 97.4 Å². The lowest BCUT2D eigenvalue weighted by Gasteiger charge is -2.17. The monoisotopic (exact) mass is 583 g/mol. The molecular weight excluding hydrogens is 567 g/mol. The maximum absolute atomic E-state index is 14.3. The highest BCUT2D eigenvalue weighted by molar-refractivity contribution is 7.94. The molecule has 3 aromatic carbocycles. The fourth-order valence-electron chi connectivity index (χ4n) is 3.32. The largest absolute Gasteiger partial charge is 0.471 e. The van der Waals surface area contributed by atoms with Crippen LogP contribution in [0.1, 0.15) is 24.1 Å². The molecule has 0 saturated heterocycles. The summed E-state index contributed by atoms with van der Waals surface area (Å²) in [5, 5.41) is 1.66. The second-order valence-corrected chi connectivity index (χ2v) is 11.7. The molecule has 1 amide bonds. The Kier molecular flexibility index (Phi) is 7.67. The van der Waals surface area contributed by atoms with Crippen LogP contribution in [0.3, 0.4) is 0 Å². The quantitative estimate of drug-likeness (QED) is 0.400. The minimum atomic E-state index is -5.17. The smallest absolute Gasteiger partial charge is 0.342 e. The molecule has 0 aliphatic carbocycles. The van der Waals surface area contributed by atoms with E-state index in [4.69, 9.17) is 0 Å². The van der Waals surface area contributed by atoms with Gasteiger partial charge < -0.3 is 5.32 Å². The van der Waals surface area contributed by atoms with Crippen molar-refractivity contribution in [3.05, 3.63) is 83.7 Å². The van der Waals surface area contributed by atoms with E-state index in [2.05, 4.69) is 0 Å². The second-order valence-electron chi connectivity index (χ2n) is 7.86. The van der Waals surface area contributed by atoms with Gasteiger partial charge >= 0.3 is 18.3 Å². The third-order valence-electron chi connectivity index (χ3n) is 5.27. The summed E-state index contributed by atoms with van der Waals surface area (Å²) in [4.78, 5) is 7.04. The van der Waals surface area contributed by atoms with E-state index in [9.17, 15) is 52.4 Å². The first kappa shape index (κ1) is 29.1. The zero-order valence-corrected chi connectivity index (χ0v) is 20.6. The second kappa shape index (κ2) is 10.0. The van der Waals surface area contributed by atoms with Crippen molar-refractivity contribution in [3.8, 4) is 0 Å². The average molecular weight is 584 g/mol. The average Bonchev–Trinajstić information content (AvgIpc) is 2.82. The van der Waals surface area contributed by atoms with Crippen molar-refractivity contribution >= 4 is 25.6 Å². The summed E-state index contributed by atoms with van der Waals surface area (Å²) in [5.74, 6) is -3.57. The van der Waals surface area contributed by atoms with Crippen LogP contribution in [-0.4, -0.2) is 28.9 Å². The Morgan fingerprint density at radius 1 is 0.763 bits per heavy atom. The van der Waals surface area contributed by atoms with Crippen LogP contribution in [0.2, 0.25) is 0 Å². The van der Waals surface area contributed by atoms with E-state index in [1.165, 1.54) is 6.92 Å². The first-order valence-corrected chi connectivity index (χ1v) is 13.3. The van der Waals surface area contributed by atoms with Gasteiger partial charge in [-0.25, -0.2) is 21.2 Å². The molecule has 38 heavy (non-hydrogen) atoms. The zero-order valence-electron chi connectivity index (χ0n) is 18.9. The maximum atomic E-state index is 14.3. The van der Waals surface area contributed by atoms with E-state index in [-0.39, 0.29) is 11.6 Å². The Morgan fingerprint density at radius 3 is 1.87 bits per heavy atom. The van der Waals surface area contributed by atoms with Crippen LogP contribution in [0.15, 0.2) is 86.3 Å². The van der Waals surface area contributed by atoms with Crippen molar-refractivity contribution < 1.29 is 52.4 Å². The number of carbonyl (C=O) groups is 1. The summed E-state index contributed by atoms with van der Waals surface area (Å²) in [6.45, 7) is 1.18. The van der Waals surface area contributed by atoms with Crippen molar-refractivity contribution in [2.75, 3.05) is 0 Å². The van der Waals surface area contributed by atoms with Gasteiger partial charge in [0.25, 0.3) is 0 Å². The molecule has 0 bridgehead atoms. The Balaban J connectivity index is 2.12. The Labute approximate surface area is 211 Å². The lowest BCUT2D eigenvalue weighted by Crippen LogP contribution is -2.38. The molecule has 1 unspecified atom stereocenters. The first-order chi connectivity index (χ1) is 17.4. The summed E-state index contributed by atoms with van der Waals surface area (Å²) >= 11 is 0. The van der Waals surface area contributed by atoms with Gasteiger partial charge in [-0.1, -0.05) is 24.3 Å². The van der Waals surface area contributed by atoms with Gasteiger partial charge in [-0.2, -0.15) is 26.3 Å². The molecule has 15 heteroatoms. The van der Waals surface area contributed by atoms with E-state index in [0.29, 0.717) is 12.1 Å². The van der Waals surface area contributed by atoms with Crippen LogP contribution in [0.5, 0.6) is 0 Å². The molecule has 0 saturated carbocycles. The third kappa shape index (κ3) is 5.83. The van der Waals surface area contributed by atoms with Crippen molar-refractivity contribution in [1.82, 2.24) is 5.32 Å². The molecule has 3 aromatic rings. The molecule has 0 aliphatic rings. The number of carbonyl (C=O) groups excluding carboxylic acids is 1. The van der Waals surface area contributed by atoms with Crippen molar-refractivity contribution in [2.45, 2.75) is 44.9 Å². The van der Waals surface area contributed by atoms with Gasteiger partial charge in [0.2, 0.25) is 19.7 Å². The van der Waals surface area contributed by atoms with Gasteiger partial charge in [-0.15, -0.1) is 0 Å². The highest BCUT2D eigenvalue weighted by Gasteiger charge is 2.40. The number of sulfone groups is 2. The molecule has 1 N–H and O–H groups in total. The molecule has 0 aliphatic heterocycles. The van der Waals surface area contributed by atoms with Gasteiger partial charge in [-0.05, 0) is 55.0 Å². The molecule has 1 atom stereocenters. The number of nitrogens with one attached hydrogen (secondary N) is 1. The summed E-state index contributed by atoms with van der Waals surface area (Å²) in [5.41, 5.74) is -1.47. The van der Waals surface area contributed by atoms with Crippen LogP contribution < -0.4 is 5.32 Å². The van der Waals surface area contributed by atoms with Crippen molar-refractivity contribution in [1.29, 1.82) is 0 Å². The molecule has 0 spiro atoms. The highest BCUT2D eigenvalue weighted by atomic mass is 32.2. The highest BCUT2D eigenvalue weighted by Crippen LogP contribution is 2.37. The molecule has 3 rings (SSSR count). The van der Waals surface area contributed by atoms with Crippen molar-refractivity contribution in [3.63, 3.8) is 0 Å². The number of hydrogen-bond donors (Lipinski definition) is 1. The van der Waals surface area contributed by atoms with Crippen LogP contribution in [-0.2, 0) is 30.6 Å². The summed E-state index contributed by atoms with van der Waals surface area (Å²) in [6, 6.07) is 7.14. The summed E-state index contributed by atoms with van der Waals surface area (Å²) in [7, 11) is -9.99. The lowest BCUT2D eigenvalue weighted by atomic mass is 10.1. The van der Waals surface area contributed by atoms with E-state index < -0.39 is 74.9 Å². The van der Waals surface area contributed by atoms with Gasteiger partial charge in [-0.3, -0.25) is 4.79 Å². The van der Waals surface area contributed by atoms with Gasteiger partial charge in [0.15, 0.2) is 0 Å². The fourth-order valence-corrected chi connectivity index (χ4v) is 6.73. The van der Waals surface area contributed by atoms with E-state index in [1.807, 2.05) is 0 Å². The third-order valence-corrected chi connectivity index (χ3v) is 9.06. The van der Waals surface area contributed by atoms with Gasteiger partial charge in [0.05, 0.1) is 26.3 Å². The van der Waals surface area contributed by atoms with Crippen molar-refractivity contribution in [2.24, 2.45) is 0 Å². The van der Waals surface area contributed by atoms with Crippen LogP contribution in [0.4, 0.5) is 30.7 Å². The predicted octanol–water partition coefficient (Wildman–Crippen LogP) is 5.25. The molecule has 6 nitrogen and oxygen atoms in total. The lowest BCUT2D eigenvalue weighted by molar-refractivity contribution is -0.174. The molecule has 0 radical (unpaired) electrons. The number of benzene rings is 3. The molecule has 204 valence electrons. The minimum absolute atomic E-state index is 0.0353. The summed E-state index contributed by atoms with van der Waals surface area (Å²) in [6.07, 6.45) is -10.2. The Bertz CT molecular complexity index is 1580. The van der Waals surface area contributed by atoms with Crippen LogP contribution >= 0.6 is 0 Å². The standard InChI is InChI=1S/C23H16F7NO5S2/c1-13(31-21(32)23(28,29)30)14-6-9-16(10-7-14)37(33,34)19-11-8-15(22(25,26)27)12-20(19)38(35,36)18-5-3-2-4-17(18)24/h2-13H,1H3,(H,31,32). The maximum Gasteiger partial charge on any atom is 0.471 e. The zero-order chi connectivity index (χ0) is 28.7. The van der Waals surface area contributed by atoms with Crippen LogP contribution in [0, 0.1) is 5.82 Å². The number of hydrogen-bond acceptors (Lipinski definition) is 5. The normalized spacial score (nSPS) is 13.7. The summed E-state index contributed by atoms with van der Waals surface area (Å²) < 4.78 is 145. The number of rotatable bonds is 6. The SMILES string of the molecule is CC(NC(=O)C(F)(F)F)c1ccc(S(=O)(=O)c2ccc(C(F)(F)F)cc2S(=O)(=O)c2ccccc2F)cc1. The van der Waals surface area contributed by atoms with Gasteiger partial charge in [0, 0.05) is 0 Å². The molecular formula is C23H16F7NO5S2. The Hall–Kier alpha value is -3.46. The predicted molar refractivity (Wildman–Crippen MR) is 118 cm³/mol. The van der Waals surface area contributed by atoms with E-state index in [0.717, 1.165) is 48.5 Å². The number of amides is 1. The number of halogens is 7. The first-order valence-electron chi connectivity index (χ1n) is 10.3.